The molecular formula is C21H24N2O3. The molecule has 5 heteroatoms. The van der Waals surface area contributed by atoms with Gasteiger partial charge in [-0.2, -0.15) is 0 Å². The van der Waals surface area contributed by atoms with Crippen LogP contribution >= 0.6 is 0 Å². The molecule has 0 aliphatic rings. The largest absolute Gasteiger partial charge is 0.355 e. The molecule has 0 spiro atoms. The van der Waals surface area contributed by atoms with Crippen LogP contribution in [0.4, 0.5) is 0 Å². The zero-order valence-corrected chi connectivity index (χ0v) is 15.4. The van der Waals surface area contributed by atoms with Crippen LogP contribution in [0.2, 0.25) is 0 Å². The molecule has 2 rings (SSSR count). The normalized spacial score (nSPS) is 10.3. The topological polar surface area (TPSA) is 66.5 Å². The average Bonchev–Trinajstić information content (AvgIpc) is 2.66. The summed E-state index contributed by atoms with van der Waals surface area (Å²) in [6.07, 6.45) is 0.376. The lowest BCUT2D eigenvalue weighted by molar-refractivity contribution is -0.130. The van der Waals surface area contributed by atoms with Crippen LogP contribution in [0.15, 0.2) is 48.5 Å². The number of nitrogens with zero attached hydrogens (tertiary/aromatic N) is 1. The minimum atomic E-state index is -0.143. The van der Waals surface area contributed by atoms with E-state index in [2.05, 4.69) is 5.32 Å². The molecule has 2 aromatic carbocycles. The Bertz CT molecular complexity index is 780. The Balaban J connectivity index is 1.86. The number of nitrogens with one attached hydrogen (secondary N) is 1. The van der Waals surface area contributed by atoms with Gasteiger partial charge in [0.1, 0.15) is 0 Å². The molecule has 5 nitrogen and oxygen atoms in total. The van der Waals surface area contributed by atoms with Crippen molar-refractivity contribution in [2.75, 3.05) is 14.1 Å². The molecule has 0 heterocycles. The van der Waals surface area contributed by atoms with Gasteiger partial charge in [-0.05, 0) is 24.6 Å². The van der Waals surface area contributed by atoms with Crippen molar-refractivity contribution in [2.45, 2.75) is 26.3 Å². The van der Waals surface area contributed by atoms with Crippen molar-refractivity contribution >= 4 is 17.6 Å². The lowest BCUT2D eigenvalue weighted by Gasteiger charge is -2.17. The molecule has 0 atom stereocenters. The number of carbonyl (C=O) groups excluding carboxylic acids is 3. The first-order valence-electron chi connectivity index (χ1n) is 8.55. The highest BCUT2D eigenvalue weighted by Gasteiger charge is 2.13. The monoisotopic (exact) mass is 352 g/mol. The minimum Gasteiger partial charge on any atom is -0.355 e. The lowest BCUT2D eigenvalue weighted by Crippen LogP contribution is -2.26. The first-order chi connectivity index (χ1) is 12.4. The number of hydrogen-bond acceptors (Lipinski definition) is 3. The summed E-state index contributed by atoms with van der Waals surface area (Å²) in [4.78, 5) is 37.6. The Labute approximate surface area is 154 Å². The second-order valence-electron chi connectivity index (χ2n) is 6.32. The third-order valence-corrected chi connectivity index (χ3v) is 4.23. The number of Topliss-reactive ketones (excluding diaryl/α,β-unsaturated/α-hetero) is 1. The van der Waals surface area contributed by atoms with Crippen LogP contribution in [0.5, 0.6) is 0 Å². The Hall–Kier alpha value is -2.95. The number of benzene rings is 2. The average molecular weight is 352 g/mol. The summed E-state index contributed by atoms with van der Waals surface area (Å²) in [6.45, 7) is 2.40. The van der Waals surface area contributed by atoms with Gasteiger partial charge < -0.3 is 10.2 Å². The van der Waals surface area contributed by atoms with E-state index in [1.165, 1.54) is 0 Å². The summed E-state index contributed by atoms with van der Waals surface area (Å²) in [5.74, 6) is -0.252. The highest BCUT2D eigenvalue weighted by Crippen LogP contribution is 2.11. The Morgan fingerprint density at radius 1 is 0.885 bits per heavy atom. The maximum atomic E-state index is 12.3. The van der Waals surface area contributed by atoms with Gasteiger partial charge in [0.05, 0.1) is 0 Å². The molecule has 26 heavy (non-hydrogen) atoms. The van der Waals surface area contributed by atoms with Crippen LogP contribution < -0.4 is 5.32 Å². The number of carbonyl (C=O) groups is 3. The Morgan fingerprint density at radius 2 is 1.46 bits per heavy atom. The fraction of sp³-hybridized carbons (Fsp3) is 0.286. The fourth-order valence-electron chi connectivity index (χ4n) is 2.56. The van der Waals surface area contributed by atoms with E-state index >= 15 is 0 Å². The van der Waals surface area contributed by atoms with Gasteiger partial charge in [-0.1, -0.05) is 42.0 Å². The van der Waals surface area contributed by atoms with Crippen LogP contribution in [-0.2, 0) is 11.3 Å². The first kappa shape index (κ1) is 19.4. The Morgan fingerprint density at radius 3 is 2.04 bits per heavy atom. The van der Waals surface area contributed by atoms with E-state index in [9.17, 15) is 14.4 Å². The first-order valence-corrected chi connectivity index (χ1v) is 8.55. The maximum Gasteiger partial charge on any atom is 0.251 e. The minimum absolute atomic E-state index is 0.0262. The number of rotatable bonds is 7. The highest BCUT2D eigenvalue weighted by atomic mass is 16.2. The van der Waals surface area contributed by atoms with Gasteiger partial charge in [0, 0.05) is 44.6 Å². The van der Waals surface area contributed by atoms with Gasteiger partial charge in [-0.25, -0.2) is 0 Å². The zero-order valence-electron chi connectivity index (χ0n) is 15.4. The summed E-state index contributed by atoms with van der Waals surface area (Å²) in [5.41, 5.74) is 3.24. The van der Waals surface area contributed by atoms with Gasteiger partial charge in [0.15, 0.2) is 5.78 Å². The summed E-state index contributed by atoms with van der Waals surface area (Å²) in [7, 11) is 3.30. The summed E-state index contributed by atoms with van der Waals surface area (Å²) in [6, 6.07) is 14.5. The Kier molecular flexibility index (Phi) is 6.67. The number of ketones is 1. The number of hydrogen-bond donors (Lipinski definition) is 1. The van der Waals surface area contributed by atoms with Crippen molar-refractivity contribution in [3.05, 3.63) is 70.8 Å². The van der Waals surface area contributed by atoms with Crippen molar-refractivity contribution in [2.24, 2.45) is 0 Å². The van der Waals surface area contributed by atoms with Crippen LogP contribution in [0.25, 0.3) is 0 Å². The molecule has 0 saturated heterocycles. The molecule has 0 bridgehead atoms. The molecule has 1 N–H and O–H groups in total. The molecule has 2 aromatic rings. The van der Waals surface area contributed by atoms with E-state index in [0.29, 0.717) is 17.7 Å². The molecule has 0 aromatic heterocycles. The van der Waals surface area contributed by atoms with E-state index < -0.39 is 0 Å². The molecule has 0 radical (unpaired) electrons. The van der Waals surface area contributed by atoms with E-state index in [1.807, 2.05) is 31.2 Å². The second-order valence-corrected chi connectivity index (χ2v) is 6.32. The molecule has 0 fully saturated rings. The van der Waals surface area contributed by atoms with Crippen LogP contribution in [0.1, 0.15) is 44.7 Å². The maximum absolute atomic E-state index is 12.3. The molecule has 2 amide bonds. The quantitative estimate of drug-likeness (QED) is 0.779. The van der Waals surface area contributed by atoms with Gasteiger partial charge in [-0.15, -0.1) is 0 Å². The van der Waals surface area contributed by atoms with E-state index in [0.717, 1.165) is 11.1 Å². The summed E-state index contributed by atoms with van der Waals surface area (Å²) in [5, 5.41) is 2.57. The van der Waals surface area contributed by atoms with Crippen LogP contribution in [0.3, 0.4) is 0 Å². The smallest absolute Gasteiger partial charge is 0.251 e. The highest BCUT2D eigenvalue weighted by molar-refractivity contribution is 5.98. The molecule has 0 aliphatic heterocycles. The van der Waals surface area contributed by atoms with Crippen molar-refractivity contribution in [1.29, 1.82) is 0 Å². The summed E-state index contributed by atoms with van der Waals surface area (Å²) < 4.78 is 0. The van der Waals surface area contributed by atoms with Crippen molar-refractivity contribution < 1.29 is 14.4 Å². The summed E-state index contributed by atoms with van der Waals surface area (Å²) >= 11 is 0. The molecule has 136 valence electrons. The van der Waals surface area contributed by atoms with Gasteiger partial charge in [0.25, 0.3) is 5.91 Å². The predicted octanol–water partition coefficient (Wildman–Crippen LogP) is 2.98. The third-order valence-electron chi connectivity index (χ3n) is 4.23. The van der Waals surface area contributed by atoms with Crippen molar-refractivity contribution in [3.8, 4) is 0 Å². The molecular weight excluding hydrogens is 328 g/mol. The third kappa shape index (κ3) is 5.28. The predicted molar refractivity (Wildman–Crippen MR) is 101 cm³/mol. The number of amides is 2. The van der Waals surface area contributed by atoms with Crippen LogP contribution in [-0.4, -0.2) is 36.6 Å². The molecule has 0 unspecified atom stereocenters. The second kappa shape index (κ2) is 8.94. The number of aryl methyl sites for hydroxylation is 1. The standard InChI is InChI=1S/C21H24N2O3/c1-15-4-8-17(9-5-15)19(24)12-13-20(25)23(3)14-16-6-10-18(11-7-16)21(26)22-2/h4-11H,12-14H2,1-3H3,(H,22,26). The zero-order chi connectivity index (χ0) is 19.1. The van der Waals surface area contributed by atoms with E-state index in [1.54, 1.807) is 43.3 Å². The SMILES string of the molecule is CNC(=O)c1ccc(CN(C)C(=O)CCC(=O)c2ccc(C)cc2)cc1. The van der Waals surface area contributed by atoms with Gasteiger partial charge in [0.2, 0.25) is 5.91 Å². The van der Waals surface area contributed by atoms with Gasteiger partial charge in [-0.3, -0.25) is 14.4 Å². The van der Waals surface area contributed by atoms with E-state index in [4.69, 9.17) is 0 Å². The van der Waals surface area contributed by atoms with Crippen molar-refractivity contribution in [3.63, 3.8) is 0 Å². The van der Waals surface area contributed by atoms with E-state index in [-0.39, 0.29) is 30.4 Å². The molecule has 0 saturated carbocycles. The lowest BCUT2D eigenvalue weighted by atomic mass is 10.0. The molecule has 0 aliphatic carbocycles. The van der Waals surface area contributed by atoms with Gasteiger partial charge >= 0.3 is 0 Å². The fourth-order valence-corrected chi connectivity index (χ4v) is 2.56. The van der Waals surface area contributed by atoms with Crippen LogP contribution in [0, 0.1) is 6.92 Å². The van der Waals surface area contributed by atoms with Crippen molar-refractivity contribution in [1.82, 2.24) is 10.2 Å².